The summed E-state index contributed by atoms with van der Waals surface area (Å²) in [6, 6.07) is 3.60. The smallest absolute Gasteiger partial charge is 0.317 e. The molecule has 1 rings (SSSR count). The lowest BCUT2D eigenvalue weighted by atomic mass is 10.1. The van der Waals surface area contributed by atoms with Crippen LogP contribution in [0.4, 0.5) is 0 Å². The number of carboxylic acid groups (broad SMARTS) is 1. The van der Waals surface area contributed by atoms with Gasteiger partial charge >= 0.3 is 5.97 Å². The van der Waals surface area contributed by atoms with E-state index in [0.29, 0.717) is 23.8 Å². The topological polar surface area (TPSA) is 68.2 Å². The van der Waals surface area contributed by atoms with E-state index in [2.05, 4.69) is 0 Å². The molecule has 0 amide bonds. The van der Waals surface area contributed by atoms with Crippen LogP contribution >= 0.6 is 0 Å². The Morgan fingerprint density at radius 3 is 2.00 bits per heavy atom. The molecule has 0 saturated carbocycles. The second-order valence-electron chi connectivity index (χ2n) is 4.90. The van der Waals surface area contributed by atoms with Crippen LogP contribution in [0, 0.1) is 0 Å². The third kappa shape index (κ3) is 4.53. The van der Waals surface area contributed by atoms with Gasteiger partial charge in [-0.25, -0.2) is 0 Å². The fourth-order valence-electron chi connectivity index (χ4n) is 2.03. The van der Waals surface area contributed by atoms with E-state index in [4.69, 9.17) is 19.3 Å². The maximum absolute atomic E-state index is 11.0. The highest BCUT2D eigenvalue weighted by molar-refractivity contribution is 5.69. The van der Waals surface area contributed by atoms with E-state index in [1.54, 1.807) is 33.5 Å². The zero-order valence-corrected chi connectivity index (χ0v) is 13.2. The van der Waals surface area contributed by atoms with E-state index >= 15 is 0 Å². The van der Waals surface area contributed by atoms with Gasteiger partial charge in [0.15, 0.2) is 0 Å². The van der Waals surface area contributed by atoms with Gasteiger partial charge in [0.2, 0.25) is 0 Å². The van der Waals surface area contributed by atoms with Crippen LogP contribution in [0.25, 0.3) is 0 Å². The van der Waals surface area contributed by atoms with Crippen LogP contribution in [-0.4, -0.2) is 49.9 Å². The molecule has 0 fully saturated rings. The maximum atomic E-state index is 11.0. The van der Waals surface area contributed by atoms with Crippen LogP contribution in [0.1, 0.15) is 19.4 Å². The van der Waals surface area contributed by atoms with Crippen molar-refractivity contribution in [3.63, 3.8) is 0 Å². The molecule has 0 unspecified atom stereocenters. The Morgan fingerprint density at radius 2 is 1.67 bits per heavy atom. The summed E-state index contributed by atoms with van der Waals surface area (Å²) < 4.78 is 16.0. The van der Waals surface area contributed by atoms with Gasteiger partial charge in [0.25, 0.3) is 0 Å². The van der Waals surface area contributed by atoms with Crippen molar-refractivity contribution < 1.29 is 24.1 Å². The number of carboxylic acids is 1. The average molecular weight is 297 g/mol. The molecule has 0 radical (unpaired) electrons. The number of ether oxygens (including phenoxy) is 3. The Hall–Kier alpha value is -1.95. The molecule has 0 aliphatic rings. The van der Waals surface area contributed by atoms with Crippen molar-refractivity contribution in [2.45, 2.75) is 26.4 Å². The fraction of sp³-hybridized carbons (Fsp3) is 0.533. The summed E-state index contributed by atoms with van der Waals surface area (Å²) in [5.74, 6) is 0.987. The first-order chi connectivity index (χ1) is 9.92. The van der Waals surface area contributed by atoms with Crippen molar-refractivity contribution in [2.24, 2.45) is 0 Å². The summed E-state index contributed by atoms with van der Waals surface area (Å²) in [6.45, 7) is 4.27. The predicted octanol–water partition coefficient (Wildman–Crippen LogP) is 2.01. The van der Waals surface area contributed by atoms with Gasteiger partial charge in [0.05, 0.1) is 33.4 Å². The Bertz CT molecular complexity index is 462. The van der Waals surface area contributed by atoms with Crippen LogP contribution < -0.4 is 14.2 Å². The molecular weight excluding hydrogens is 274 g/mol. The van der Waals surface area contributed by atoms with Gasteiger partial charge in [-0.3, -0.25) is 9.69 Å². The number of hydrogen-bond donors (Lipinski definition) is 1. The first kappa shape index (κ1) is 17.1. The van der Waals surface area contributed by atoms with Gasteiger partial charge in [-0.05, 0) is 13.8 Å². The normalized spacial score (nSPS) is 10.8. The summed E-state index contributed by atoms with van der Waals surface area (Å²) in [5.41, 5.74) is 0.802. The Balaban J connectivity index is 3.17. The van der Waals surface area contributed by atoms with E-state index in [1.807, 2.05) is 18.7 Å². The maximum Gasteiger partial charge on any atom is 0.317 e. The van der Waals surface area contributed by atoms with E-state index in [9.17, 15) is 4.79 Å². The Morgan fingerprint density at radius 1 is 1.14 bits per heavy atom. The van der Waals surface area contributed by atoms with E-state index in [1.165, 1.54) is 0 Å². The molecule has 0 heterocycles. The number of carbonyl (C=O) groups is 1. The minimum Gasteiger partial charge on any atom is -0.496 e. The molecule has 0 saturated heterocycles. The van der Waals surface area contributed by atoms with Crippen molar-refractivity contribution in [1.82, 2.24) is 4.90 Å². The first-order valence-electron chi connectivity index (χ1n) is 6.67. The predicted molar refractivity (Wildman–Crippen MR) is 79.3 cm³/mol. The van der Waals surface area contributed by atoms with Crippen LogP contribution in [0.3, 0.4) is 0 Å². The van der Waals surface area contributed by atoms with Crippen LogP contribution in [0.5, 0.6) is 17.2 Å². The van der Waals surface area contributed by atoms with Gasteiger partial charge in [0, 0.05) is 24.7 Å². The third-order valence-electron chi connectivity index (χ3n) is 3.25. The molecule has 0 aromatic heterocycles. The summed E-state index contributed by atoms with van der Waals surface area (Å²) >= 11 is 0. The largest absolute Gasteiger partial charge is 0.496 e. The Kier molecular flexibility index (Phi) is 6.30. The lowest BCUT2D eigenvalue weighted by Gasteiger charge is -2.26. The van der Waals surface area contributed by atoms with Gasteiger partial charge in [-0.2, -0.15) is 0 Å². The van der Waals surface area contributed by atoms with Gasteiger partial charge in [-0.15, -0.1) is 0 Å². The van der Waals surface area contributed by atoms with Gasteiger partial charge < -0.3 is 19.3 Å². The minimum atomic E-state index is -0.866. The number of aliphatic carboxylic acids is 1. The number of rotatable bonds is 8. The second kappa shape index (κ2) is 7.73. The van der Waals surface area contributed by atoms with Crippen LogP contribution in [0.2, 0.25) is 0 Å². The molecule has 0 bridgehead atoms. The standard InChI is InChI=1S/C15H23NO5/c1-10(2)16(9-15(17)18)8-12-13(20-4)6-11(19-3)7-14(12)21-5/h6-7,10H,8-9H2,1-5H3,(H,17,18). The van der Waals surface area contributed by atoms with Crippen molar-refractivity contribution in [3.05, 3.63) is 17.7 Å². The molecular formula is C15H23NO5. The van der Waals surface area contributed by atoms with Crippen molar-refractivity contribution in [2.75, 3.05) is 27.9 Å². The summed E-state index contributed by atoms with van der Waals surface area (Å²) in [5, 5.41) is 9.02. The minimum absolute atomic E-state index is 0.0456. The molecule has 1 N–H and O–H groups in total. The fourth-order valence-corrected chi connectivity index (χ4v) is 2.03. The number of methoxy groups -OCH3 is 3. The second-order valence-corrected chi connectivity index (χ2v) is 4.90. The molecule has 6 nitrogen and oxygen atoms in total. The lowest BCUT2D eigenvalue weighted by Crippen LogP contribution is -2.35. The highest BCUT2D eigenvalue weighted by Crippen LogP contribution is 2.35. The van der Waals surface area contributed by atoms with E-state index < -0.39 is 5.97 Å². The monoisotopic (exact) mass is 297 g/mol. The highest BCUT2D eigenvalue weighted by Gasteiger charge is 2.20. The molecule has 0 aliphatic heterocycles. The van der Waals surface area contributed by atoms with Gasteiger partial charge in [-0.1, -0.05) is 0 Å². The van der Waals surface area contributed by atoms with Crippen molar-refractivity contribution in [3.8, 4) is 17.2 Å². The molecule has 6 heteroatoms. The molecule has 1 aromatic rings. The summed E-state index contributed by atoms with van der Waals surface area (Å²) in [7, 11) is 4.70. The number of hydrogen-bond acceptors (Lipinski definition) is 5. The zero-order valence-electron chi connectivity index (χ0n) is 13.2. The Labute approximate surface area is 125 Å². The number of nitrogens with zero attached hydrogens (tertiary/aromatic N) is 1. The molecule has 21 heavy (non-hydrogen) atoms. The number of benzene rings is 1. The van der Waals surface area contributed by atoms with Crippen LogP contribution in [0.15, 0.2) is 12.1 Å². The highest BCUT2D eigenvalue weighted by atomic mass is 16.5. The molecule has 1 aromatic carbocycles. The SMILES string of the molecule is COc1cc(OC)c(CN(CC(=O)O)C(C)C)c(OC)c1. The molecule has 0 aliphatic carbocycles. The first-order valence-corrected chi connectivity index (χ1v) is 6.67. The van der Waals surface area contributed by atoms with E-state index in [-0.39, 0.29) is 12.6 Å². The molecule has 118 valence electrons. The van der Waals surface area contributed by atoms with E-state index in [0.717, 1.165) is 5.56 Å². The van der Waals surface area contributed by atoms with Crippen molar-refractivity contribution >= 4 is 5.97 Å². The van der Waals surface area contributed by atoms with Crippen LogP contribution in [-0.2, 0) is 11.3 Å². The van der Waals surface area contributed by atoms with Gasteiger partial charge in [0.1, 0.15) is 17.2 Å². The lowest BCUT2D eigenvalue weighted by molar-refractivity contribution is -0.139. The third-order valence-corrected chi connectivity index (χ3v) is 3.25. The summed E-state index contributed by atoms with van der Waals surface area (Å²) in [6.07, 6.45) is 0. The molecule has 0 atom stereocenters. The molecule has 0 spiro atoms. The quantitative estimate of drug-likeness (QED) is 0.791. The average Bonchev–Trinajstić information content (AvgIpc) is 2.45. The summed E-state index contributed by atoms with van der Waals surface area (Å²) in [4.78, 5) is 12.8. The zero-order chi connectivity index (χ0) is 16.0. The van der Waals surface area contributed by atoms with Crippen molar-refractivity contribution in [1.29, 1.82) is 0 Å².